The molecule has 8 heteroatoms. The number of anilines is 1. The van der Waals surface area contributed by atoms with Gasteiger partial charge >= 0.3 is 0 Å². The first-order valence-corrected chi connectivity index (χ1v) is 14.7. The summed E-state index contributed by atoms with van der Waals surface area (Å²) in [7, 11) is 0. The minimum Gasteiger partial charge on any atom is -0.357 e. The molecule has 38 heavy (non-hydrogen) atoms. The quantitative estimate of drug-likeness (QED) is 0.309. The SMILES string of the molecule is CCCn1c(N2CCC(Cc3ccccc3)CC2)c(/C=C2/SC(=S)N(CC(C)C)C2=O)c(C)c(C#N)c1=O. The first-order chi connectivity index (χ1) is 18.2. The molecule has 0 atom stereocenters. The van der Waals surface area contributed by atoms with Crippen molar-refractivity contribution in [1.82, 2.24) is 9.47 Å². The molecule has 200 valence electrons. The van der Waals surface area contributed by atoms with Crippen LogP contribution in [0.15, 0.2) is 40.0 Å². The molecule has 2 aliphatic heterocycles. The van der Waals surface area contributed by atoms with Gasteiger partial charge in [0.1, 0.15) is 21.8 Å². The number of rotatable bonds is 8. The first kappa shape index (κ1) is 28.1. The molecule has 1 aromatic heterocycles. The lowest BCUT2D eigenvalue weighted by atomic mass is 9.90. The molecule has 6 nitrogen and oxygen atoms in total. The highest BCUT2D eigenvalue weighted by atomic mass is 32.2. The van der Waals surface area contributed by atoms with Gasteiger partial charge in [-0.25, -0.2) is 0 Å². The highest BCUT2D eigenvalue weighted by Gasteiger charge is 2.34. The van der Waals surface area contributed by atoms with E-state index in [2.05, 4.69) is 49.1 Å². The minimum atomic E-state index is -0.252. The summed E-state index contributed by atoms with van der Waals surface area (Å²) in [5.41, 5.74) is 2.65. The molecule has 2 aromatic rings. The van der Waals surface area contributed by atoms with Crippen LogP contribution in [0.3, 0.4) is 0 Å². The van der Waals surface area contributed by atoms with Crippen molar-refractivity contribution >= 4 is 46.1 Å². The molecule has 2 fully saturated rings. The third-order valence-corrected chi connectivity index (χ3v) is 8.65. The van der Waals surface area contributed by atoms with E-state index in [9.17, 15) is 14.9 Å². The maximum Gasteiger partial charge on any atom is 0.270 e. The fourth-order valence-corrected chi connectivity index (χ4v) is 6.62. The fraction of sp³-hybridized carbons (Fsp3) is 0.467. The molecule has 0 unspecified atom stereocenters. The largest absolute Gasteiger partial charge is 0.357 e. The number of carbonyl (C=O) groups excluding carboxylic acids is 1. The molecule has 0 radical (unpaired) electrons. The number of hydrogen-bond acceptors (Lipinski definition) is 6. The van der Waals surface area contributed by atoms with E-state index in [0.717, 1.165) is 50.2 Å². The van der Waals surface area contributed by atoms with Crippen LogP contribution in [0.4, 0.5) is 5.82 Å². The molecule has 1 amide bonds. The number of nitrogens with zero attached hydrogens (tertiary/aromatic N) is 4. The zero-order valence-corrected chi connectivity index (χ0v) is 24.3. The summed E-state index contributed by atoms with van der Waals surface area (Å²) in [5.74, 6) is 1.59. The van der Waals surface area contributed by atoms with Gasteiger partial charge in [0, 0.05) is 31.7 Å². The third kappa shape index (κ3) is 5.89. The number of thiocarbonyl (C=S) groups is 1. The van der Waals surface area contributed by atoms with Crippen molar-refractivity contribution < 1.29 is 4.79 Å². The Morgan fingerprint density at radius 1 is 1.18 bits per heavy atom. The lowest BCUT2D eigenvalue weighted by Gasteiger charge is -2.36. The molecule has 0 spiro atoms. The summed E-state index contributed by atoms with van der Waals surface area (Å²) >= 11 is 6.83. The smallest absolute Gasteiger partial charge is 0.270 e. The molecule has 0 saturated carbocycles. The molecule has 0 bridgehead atoms. The van der Waals surface area contributed by atoms with Crippen molar-refractivity contribution in [3.05, 3.63) is 67.8 Å². The van der Waals surface area contributed by atoms with E-state index in [1.54, 1.807) is 9.47 Å². The topological polar surface area (TPSA) is 69.3 Å². The maximum atomic E-state index is 13.5. The van der Waals surface area contributed by atoms with Crippen LogP contribution >= 0.6 is 24.0 Å². The number of hydrogen-bond donors (Lipinski definition) is 0. The maximum absolute atomic E-state index is 13.5. The Balaban J connectivity index is 1.73. The standard InChI is InChI=1S/C30H36N4O2S2/c1-5-13-33-27(32-14-11-23(12-15-32)16-22-9-7-6-8-10-22)24(21(4)25(18-31)28(33)35)17-26-29(36)34(19-20(2)3)30(37)38-26/h6-10,17,20,23H,5,11-16,19H2,1-4H3/b26-17+. The number of benzene rings is 1. The van der Waals surface area contributed by atoms with Crippen molar-refractivity contribution in [2.24, 2.45) is 11.8 Å². The fourth-order valence-electron chi connectivity index (χ4n) is 5.37. The minimum absolute atomic E-state index is 0.104. The number of aromatic nitrogens is 1. The van der Waals surface area contributed by atoms with Gasteiger partial charge in [0.2, 0.25) is 0 Å². The Kier molecular flexibility index (Phi) is 9.11. The Morgan fingerprint density at radius 3 is 2.47 bits per heavy atom. The van der Waals surface area contributed by atoms with Gasteiger partial charge in [-0.15, -0.1) is 0 Å². The van der Waals surface area contributed by atoms with Crippen LogP contribution in [0.2, 0.25) is 0 Å². The van der Waals surface area contributed by atoms with Crippen LogP contribution in [0.5, 0.6) is 0 Å². The van der Waals surface area contributed by atoms with Crippen molar-refractivity contribution in [1.29, 1.82) is 5.26 Å². The number of amides is 1. The predicted octanol–water partition coefficient (Wildman–Crippen LogP) is 5.75. The second-order valence-electron chi connectivity index (χ2n) is 10.6. The van der Waals surface area contributed by atoms with Gasteiger partial charge in [-0.05, 0) is 61.6 Å². The van der Waals surface area contributed by atoms with Gasteiger partial charge < -0.3 is 4.90 Å². The van der Waals surface area contributed by atoms with Crippen LogP contribution in [0, 0.1) is 30.1 Å². The summed E-state index contributed by atoms with van der Waals surface area (Å²) in [6, 6.07) is 12.7. The number of pyridine rings is 1. The van der Waals surface area contributed by atoms with Gasteiger partial charge in [0.05, 0.1) is 4.91 Å². The Bertz CT molecular complexity index is 1330. The first-order valence-electron chi connectivity index (χ1n) is 13.5. The lowest BCUT2D eigenvalue weighted by Crippen LogP contribution is -2.40. The van der Waals surface area contributed by atoms with E-state index in [4.69, 9.17) is 12.2 Å². The summed E-state index contributed by atoms with van der Waals surface area (Å²) in [5, 5.41) is 9.89. The molecule has 1 aromatic carbocycles. The van der Waals surface area contributed by atoms with Crippen LogP contribution < -0.4 is 10.5 Å². The molecular formula is C30H36N4O2S2. The molecule has 0 N–H and O–H groups in total. The molecular weight excluding hydrogens is 512 g/mol. The summed E-state index contributed by atoms with van der Waals surface area (Å²) in [6.07, 6.45) is 5.72. The molecule has 4 rings (SSSR count). The van der Waals surface area contributed by atoms with Gasteiger partial charge in [-0.1, -0.05) is 75.1 Å². The van der Waals surface area contributed by atoms with Crippen LogP contribution in [-0.2, 0) is 17.8 Å². The zero-order valence-electron chi connectivity index (χ0n) is 22.7. The molecule has 0 aliphatic carbocycles. The number of piperidine rings is 1. The summed E-state index contributed by atoms with van der Waals surface area (Å²) in [6.45, 7) is 10.7. The predicted molar refractivity (Wildman–Crippen MR) is 160 cm³/mol. The van der Waals surface area contributed by atoms with Gasteiger partial charge in [-0.2, -0.15) is 5.26 Å². The lowest BCUT2D eigenvalue weighted by molar-refractivity contribution is -0.122. The monoisotopic (exact) mass is 548 g/mol. The Morgan fingerprint density at radius 2 is 1.87 bits per heavy atom. The second kappa shape index (κ2) is 12.3. The molecule has 3 heterocycles. The van der Waals surface area contributed by atoms with Gasteiger partial charge in [0.15, 0.2) is 0 Å². The number of carbonyl (C=O) groups is 1. The summed E-state index contributed by atoms with van der Waals surface area (Å²) in [4.78, 5) is 31.2. The van der Waals surface area contributed by atoms with Crippen LogP contribution in [0.1, 0.15) is 62.3 Å². The van der Waals surface area contributed by atoms with Gasteiger partial charge in [-0.3, -0.25) is 19.1 Å². The van der Waals surface area contributed by atoms with E-state index in [1.807, 2.05) is 26.0 Å². The Labute approximate surface area is 235 Å². The van der Waals surface area contributed by atoms with E-state index >= 15 is 0 Å². The molecule has 2 saturated heterocycles. The zero-order chi connectivity index (χ0) is 27.4. The highest BCUT2D eigenvalue weighted by molar-refractivity contribution is 8.26. The van der Waals surface area contributed by atoms with Crippen molar-refractivity contribution in [2.75, 3.05) is 24.5 Å². The van der Waals surface area contributed by atoms with Crippen molar-refractivity contribution in [3.63, 3.8) is 0 Å². The van der Waals surface area contributed by atoms with Gasteiger partial charge in [0.25, 0.3) is 11.5 Å². The normalized spacial score (nSPS) is 17.6. The highest BCUT2D eigenvalue weighted by Crippen LogP contribution is 2.37. The average Bonchev–Trinajstić information content (AvgIpc) is 3.15. The van der Waals surface area contributed by atoms with Crippen LogP contribution in [-0.4, -0.2) is 39.3 Å². The second-order valence-corrected chi connectivity index (χ2v) is 12.3. The summed E-state index contributed by atoms with van der Waals surface area (Å²) < 4.78 is 2.31. The number of thioether (sulfide) groups is 1. The van der Waals surface area contributed by atoms with Crippen molar-refractivity contribution in [2.45, 2.75) is 59.9 Å². The average molecular weight is 549 g/mol. The molecule has 2 aliphatic rings. The van der Waals surface area contributed by atoms with E-state index in [-0.39, 0.29) is 17.0 Å². The number of nitriles is 1. The van der Waals surface area contributed by atoms with E-state index in [0.29, 0.717) is 39.7 Å². The van der Waals surface area contributed by atoms with Crippen molar-refractivity contribution in [3.8, 4) is 6.07 Å². The van der Waals surface area contributed by atoms with E-state index < -0.39 is 0 Å². The Hall–Kier alpha value is -2.89. The van der Waals surface area contributed by atoms with Crippen LogP contribution in [0.25, 0.3) is 6.08 Å². The third-order valence-electron chi connectivity index (χ3n) is 7.27. The van der Waals surface area contributed by atoms with E-state index in [1.165, 1.54) is 17.3 Å².